The molecule has 0 fully saturated rings. The maximum absolute atomic E-state index is 11.3. The molecule has 0 atom stereocenters. The summed E-state index contributed by atoms with van der Waals surface area (Å²) >= 11 is 1.48. The Bertz CT molecular complexity index is 1920. The number of anilines is 2. The molecule has 2 aromatic heterocycles. The van der Waals surface area contributed by atoms with Crippen LogP contribution in [-0.2, 0) is 17.3 Å². The summed E-state index contributed by atoms with van der Waals surface area (Å²) in [7, 11) is 4.20. The van der Waals surface area contributed by atoms with Crippen molar-refractivity contribution in [1.29, 1.82) is 0 Å². The first-order valence-electron chi connectivity index (χ1n) is 14.5. The number of nitrogens with zero attached hydrogens (tertiary/aromatic N) is 3. The van der Waals surface area contributed by atoms with Crippen molar-refractivity contribution in [2.24, 2.45) is 7.05 Å². The quantitative estimate of drug-likeness (QED) is 0.146. The maximum atomic E-state index is 11.3. The van der Waals surface area contributed by atoms with Crippen molar-refractivity contribution in [3.8, 4) is 33.0 Å². The third-order valence-electron chi connectivity index (χ3n) is 9.00. The zero-order chi connectivity index (χ0) is 30.3. The van der Waals surface area contributed by atoms with Gasteiger partial charge < -0.3 is 14.6 Å². The number of rotatable bonds is 8. The molecule has 5 nitrogen and oxygen atoms in total. The Kier molecular flexibility index (Phi) is 7.29. The van der Waals surface area contributed by atoms with Gasteiger partial charge in [-0.1, -0.05) is 50.2 Å². The van der Waals surface area contributed by atoms with E-state index in [2.05, 4.69) is 115 Å². The summed E-state index contributed by atoms with van der Waals surface area (Å²) in [5, 5.41) is 9.23. The molecule has 2 heterocycles. The molecular formula is C37H33N3O2S. The molecule has 0 spiro atoms. The lowest BCUT2D eigenvalue weighted by Crippen LogP contribution is -2.23. The lowest BCUT2D eigenvalue weighted by Gasteiger charge is -2.31. The van der Waals surface area contributed by atoms with E-state index in [-0.39, 0.29) is 11.1 Å². The lowest BCUT2D eigenvalue weighted by molar-refractivity contribution is -0.132. The number of hydrogen-bond acceptors (Lipinski definition) is 3. The van der Waals surface area contributed by atoms with Gasteiger partial charge in [0, 0.05) is 41.5 Å². The third kappa shape index (κ3) is 4.67. The van der Waals surface area contributed by atoms with E-state index >= 15 is 0 Å². The number of aromatic nitrogens is 1. The van der Waals surface area contributed by atoms with Crippen LogP contribution in [0.15, 0.2) is 96.7 Å². The molecule has 5 aromatic rings. The van der Waals surface area contributed by atoms with Crippen LogP contribution in [0.4, 0.5) is 11.4 Å². The van der Waals surface area contributed by atoms with Crippen LogP contribution in [-0.4, -0.2) is 22.7 Å². The molecule has 214 valence electrons. The fourth-order valence-corrected chi connectivity index (χ4v) is 7.56. The topological polar surface area (TPSA) is 49.8 Å². The molecular weight excluding hydrogens is 550 g/mol. The molecule has 1 N–H and O–H groups in total. The number of hydrogen-bond donors (Lipinski definition) is 1. The number of thiophene rings is 1. The van der Waals surface area contributed by atoms with Crippen LogP contribution in [0.2, 0.25) is 0 Å². The summed E-state index contributed by atoms with van der Waals surface area (Å²) in [6.45, 7) is 11.7. The smallest absolute Gasteiger partial charge is 0.333 e. The highest BCUT2D eigenvalue weighted by Gasteiger charge is 2.41. The van der Waals surface area contributed by atoms with Gasteiger partial charge in [-0.3, -0.25) is 4.79 Å². The van der Waals surface area contributed by atoms with Crippen LogP contribution in [0.3, 0.4) is 0 Å². The Labute approximate surface area is 256 Å². The van der Waals surface area contributed by atoms with E-state index in [1.807, 2.05) is 18.2 Å². The summed E-state index contributed by atoms with van der Waals surface area (Å²) in [4.78, 5) is 18.4. The molecule has 0 bridgehead atoms. The van der Waals surface area contributed by atoms with Crippen molar-refractivity contribution in [3.05, 3.63) is 124 Å². The fraction of sp³-hybridized carbons (Fsp3) is 0.189. The highest BCUT2D eigenvalue weighted by atomic mass is 32.1. The SMILES string of the molecule is [C-]#[N+]/C(=C\c1ccc(-c2ccc(-c3ccc4c(c3)C(CC)(CC)c3cc(N(C)c5ccccc5)ccc3-4)n2C)s1)C(=O)O. The molecule has 1 aliphatic carbocycles. The van der Waals surface area contributed by atoms with Gasteiger partial charge in [0.15, 0.2) is 0 Å². The minimum Gasteiger partial charge on any atom is -0.486 e. The van der Waals surface area contributed by atoms with Crippen molar-refractivity contribution in [2.45, 2.75) is 32.1 Å². The molecule has 0 saturated carbocycles. The predicted octanol–water partition coefficient (Wildman–Crippen LogP) is 9.62. The molecule has 0 saturated heterocycles. The van der Waals surface area contributed by atoms with Crippen molar-refractivity contribution >= 4 is 34.8 Å². The number of benzene rings is 3. The molecule has 6 rings (SSSR count). The zero-order valence-corrected chi connectivity index (χ0v) is 25.6. The Hall–Kier alpha value is -4.86. The molecule has 6 heteroatoms. The molecule has 0 amide bonds. The second kappa shape index (κ2) is 11.1. The van der Waals surface area contributed by atoms with Crippen LogP contribution >= 0.6 is 11.3 Å². The van der Waals surface area contributed by atoms with E-state index in [0.717, 1.165) is 34.0 Å². The van der Waals surface area contributed by atoms with E-state index < -0.39 is 5.97 Å². The number of carboxylic acid groups (broad SMARTS) is 1. The van der Waals surface area contributed by atoms with Crippen LogP contribution in [0.5, 0.6) is 0 Å². The van der Waals surface area contributed by atoms with Gasteiger partial charge >= 0.3 is 5.97 Å². The molecule has 1 aliphatic rings. The maximum Gasteiger partial charge on any atom is 0.333 e. The minimum atomic E-state index is -1.21. The van der Waals surface area contributed by atoms with Gasteiger partial charge in [0.25, 0.3) is 5.70 Å². The monoisotopic (exact) mass is 583 g/mol. The normalized spacial score (nSPS) is 13.3. The van der Waals surface area contributed by atoms with Crippen LogP contribution in [0.1, 0.15) is 42.7 Å². The van der Waals surface area contributed by atoms with E-state index in [9.17, 15) is 9.90 Å². The van der Waals surface area contributed by atoms with Crippen LogP contribution in [0, 0.1) is 6.57 Å². The second-order valence-electron chi connectivity index (χ2n) is 11.0. The number of para-hydroxylation sites is 1. The van der Waals surface area contributed by atoms with E-state index in [1.165, 1.54) is 56.6 Å². The van der Waals surface area contributed by atoms with Gasteiger partial charge in [-0.15, -0.1) is 11.3 Å². The average Bonchev–Trinajstić information content (AvgIpc) is 3.73. The Morgan fingerprint density at radius 2 is 1.58 bits per heavy atom. The first-order valence-corrected chi connectivity index (χ1v) is 15.3. The number of carboxylic acids is 1. The standard InChI is InChI=1S/C37H33N3O2S/c1-6-37(7-2)30-21-24(33-18-19-34(40(33)5)35-20-15-27(43-35)23-32(38-3)36(41)42)13-16-28(30)29-17-14-26(22-31(29)37)39(4)25-11-9-8-10-12-25/h8-23H,6-7H2,1-2,4-5H3,(H,41,42)/b32-23-. The molecule has 0 unspecified atom stereocenters. The van der Waals surface area contributed by atoms with Crippen LogP contribution < -0.4 is 4.90 Å². The van der Waals surface area contributed by atoms with Gasteiger partial charge in [0.1, 0.15) is 0 Å². The van der Waals surface area contributed by atoms with E-state index in [4.69, 9.17) is 6.57 Å². The van der Waals surface area contributed by atoms with Gasteiger partial charge in [0.05, 0.1) is 17.1 Å². The first-order chi connectivity index (χ1) is 20.8. The van der Waals surface area contributed by atoms with E-state index in [0.29, 0.717) is 0 Å². The van der Waals surface area contributed by atoms with Gasteiger partial charge in [-0.05, 0) is 101 Å². The second-order valence-corrected chi connectivity index (χ2v) is 12.1. The Morgan fingerprint density at radius 1 is 0.907 bits per heavy atom. The van der Waals surface area contributed by atoms with Crippen molar-refractivity contribution in [3.63, 3.8) is 0 Å². The van der Waals surface area contributed by atoms with E-state index in [1.54, 1.807) is 0 Å². The molecule has 43 heavy (non-hydrogen) atoms. The first kappa shape index (κ1) is 28.3. The Balaban J connectivity index is 1.38. The largest absolute Gasteiger partial charge is 0.486 e. The number of carbonyl (C=O) groups is 1. The summed E-state index contributed by atoms with van der Waals surface area (Å²) in [6.07, 6.45) is 3.46. The van der Waals surface area contributed by atoms with Gasteiger partial charge in [-0.2, -0.15) is 0 Å². The summed E-state index contributed by atoms with van der Waals surface area (Å²) in [5.74, 6) is -1.21. The molecule has 3 aromatic carbocycles. The van der Waals surface area contributed by atoms with Gasteiger partial charge in [0.2, 0.25) is 0 Å². The van der Waals surface area contributed by atoms with Crippen molar-refractivity contribution in [1.82, 2.24) is 4.57 Å². The van der Waals surface area contributed by atoms with Gasteiger partial charge in [-0.25, -0.2) is 4.85 Å². The zero-order valence-electron chi connectivity index (χ0n) is 24.8. The molecule has 0 aliphatic heterocycles. The average molecular weight is 584 g/mol. The summed E-state index contributed by atoms with van der Waals surface area (Å²) in [5.41, 5.74) is 10.8. The minimum absolute atomic E-state index is 0.0675. The summed E-state index contributed by atoms with van der Waals surface area (Å²) < 4.78 is 2.20. The predicted molar refractivity (Wildman–Crippen MR) is 178 cm³/mol. The number of fused-ring (bicyclic) bond motifs is 3. The van der Waals surface area contributed by atoms with Crippen molar-refractivity contribution < 1.29 is 9.90 Å². The summed E-state index contributed by atoms with van der Waals surface area (Å²) in [6, 6.07) is 32.4. The highest BCUT2D eigenvalue weighted by Crippen LogP contribution is 2.54. The lowest BCUT2D eigenvalue weighted by atomic mass is 9.73. The van der Waals surface area contributed by atoms with Crippen molar-refractivity contribution in [2.75, 3.05) is 11.9 Å². The third-order valence-corrected chi connectivity index (χ3v) is 10.1. The number of aliphatic carboxylic acids is 1. The highest BCUT2D eigenvalue weighted by molar-refractivity contribution is 7.16. The van der Waals surface area contributed by atoms with Crippen LogP contribution in [0.25, 0.3) is 43.9 Å². The fourth-order valence-electron chi connectivity index (χ4n) is 6.56. The Morgan fingerprint density at radius 3 is 2.26 bits per heavy atom. The molecule has 0 radical (unpaired) electrons.